The van der Waals surface area contributed by atoms with Crippen LogP contribution in [0.2, 0.25) is 0 Å². The molecule has 2 aliphatic heterocycles. The maximum absolute atomic E-state index is 14.3. The molecule has 0 spiro atoms. The fourth-order valence-electron chi connectivity index (χ4n) is 5.60. The summed E-state index contributed by atoms with van der Waals surface area (Å²) in [6.45, 7) is 15.5. The third-order valence-electron chi connectivity index (χ3n) is 7.31. The highest BCUT2D eigenvalue weighted by molar-refractivity contribution is 5.95. The molecule has 2 atom stereocenters. The van der Waals surface area contributed by atoms with Gasteiger partial charge < -0.3 is 28.7 Å². The highest BCUT2D eigenvalue weighted by atomic mass is 16.6. The van der Waals surface area contributed by atoms with Crippen LogP contribution in [-0.4, -0.2) is 99.7 Å². The van der Waals surface area contributed by atoms with Gasteiger partial charge in [-0.05, 0) is 51.7 Å². The van der Waals surface area contributed by atoms with Crippen molar-refractivity contribution in [2.75, 3.05) is 45.9 Å². The first-order valence-corrected chi connectivity index (χ1v) is 14.6. The lowest BCUT2D eigenvalue weighted by Gasteiger charge is -2.44. The average Bonchev–Trinajstić information content (AvgIpc) is 3.29. The normalized spacial score (nSPS) is 20.2. The maximum Gasteiger partial charge on any atom is 0.410 e. The van der Waals surface area contributed by atoms with Crippen molar-refractivity contribution in [1.82, 2.24) is 24.3 Å². The van der Waals surface area contributed by atoms with Gasteiger partial charge >= 0.3 is 6.09 Å². The molecule has 220 valence electrons. The quantitative estimate of drug-likeness (QED) is 0.512. The van der Waals surface area contributed by atoms with Gasteiger partial charge in [0, 0.05) is 39.3 Å². The van der Waals surface area contributed by atoms with E-state index in [1.165, 1.54) is 0 Å². The van der Waals surface area contributed by atoms with E-state index in [-0.39, 0.29) is 30.3 Å². The van der Waals surface area contributed by atoms with Crippen molar-refractivity contribution < 1.29 is 23.9 Å². The molecule has 2 aliphatic rings. The number of benzene rings is 1. The number of morpholine rings is 1. The molecular formula is C30H45N5O5. The van der Waals surface area contributed by atoms with Gasteiger partial charge in [-0.15, -0.1) is 0 Å². The molecule has 3 heterocycles. The summed E-state index contributed by atoms with van der Waals surface area (Å²) in [5, 5.41) is 0. The number of likely N-dealkylation sites (tertiary alicyclic amines) is 1. The molecular weight excluding hydrogens is 510 g/mol. The van der Waals surface area contributed by atoms with Crippen molar-refractivity contribution in [3.63, 3.8) is 0 Å². The minimum atomic E-state index is -0.674. The first kappa shape index (κ1) is 29.8. The number of fused-ring (bicyclic) bond motifs is 1. The van der Waals surface area contributed by atoms with Gasteiger partial charge in [-0.2, -0.15) is 0 Å². The van der Waals surface area contributed by atoms with Crippen LogP contribution >= 0.6 is 0 Å². The van der Waals surface area contributed by atoms with E-state index >= 15 is 0 Å². The predicted molar refractivity (Wildman–Crippen MR) is 153 cm³/mol. The fourth-order valence-corrected chi connectivity index (χ4v) is 5.60. The number of carbonyl (C=O) groups is 3. The van der Waals surface area contributed by atoms with Gasteiger partial charge in [-0.3, -0.25) is 9.59 Å². The summed E-state index contributed by atoms with van der Waals surface area (Å²) in [5.74, 6) is -0.0441. The molecule has 2 aromatic rings. The molecule has 1 aromatic heterocycles. The second-order valence-electron chi connectivity index (χ2n) is 12.3. The number of aromatic nitrogens is 2. The summed E-state index contributed by atoms with van der Waals surface area (Å²) in [6.07, 6.45) is 0.866. The average molecular weight is 556 g/mol. The fraction of sp³-hybridized carbons (Fsp3) is 0.667. The van der Waals surface area contributed by atoms with Crippen LogP contribution in [0.3, 0.4) is 0 Å². The van der Waals surface area contributed by atoms with Gasteiger partial charge in [0.1, 0.15) is 5.60 Å². The minimum Gasteiger partial charge on any atom is -0.444 e. The number of piperidine rings is 1. The van der Waals surface area contributed by atoms with E-state index in [0.29, 0.717) is 58.2 Å². The second kappa shape index (κ2) is 12.6. The highest BCUT2D eigenvalue weighted by Gasteiger charge is 2.41. The number of para-hydroxylation sites is 2. The lowest BCUT2D eigenvalue weighted by atomic mass is 9.91. The zero-order valence-electron chi connectivity index (χ0n) is 24.9. The Balaban J connectivity index is 1.69. The molecule has 0 aliphatic carbocycles. The number of carbonyl (C=O) groups excluding carboxylic acids is 3. The molecule has 10 nitrogen and oxygen atoms in total. The number of hydrogen-bond acceptors (Lipinski definition) is 6. The standard InChI is InChI=1S/C30H45N5O5/c1-7-12-34-25-11-9-8-10-24(25)31-26(34)28(37)35(18-21(2)3)23-17-22(27(36)32-13-15-39-16-14-32)19-33(20-23)29(38)40-30(4,5)6/h8-11,21-23H,7,12-20H2,1-6H3/t22-,23+/m1/s1. The number of amides is 3. The van der Waals surface area contributed by atoms with Crippen molar-refractivity contribution in [1.29, 1.82) is 0 Å². The van der Waals surface area contributed by atoms with Crippen LogP contribution in [0.4, 0.5) is 4.79 Å². The van der Waals surface area contributed by atoms with Crippen LogP contribution in [0.25, 0.3) is 11.0 Å². The monoisotopic (exact) mass is 555 g/mol. The Labute approximate surface area is 237 Å². The van der Waals surface area contributed by atoms with Crippen LogP contribution in [0, 0.1) is 11.8 Å². The van der Waals surface area contributed by atoms with Crippen LogP contribution in [0.5, 0.6) is 0 Å². The Bertz CT molecular complexity index is 1200. The van der Waals surface area contributed by atoms with Crippen molar-refractivity contribution in [2.45, 2.75) is 72.6 Å². The van der Waals surface area contributed by atoms with Gasteiger partial charge in [-0.1, -0.05) is 32.9 Å². The number of imidazole rings is 1. The van der Waals surface area contributed by atoms with Crippen LogP contribution in [0.15, 0.2) is 24.3 Å². The van der Waals surface area contributed by atoms with E-state index in [0.717, 1.165) is 17.5 Å². The SMILES string of the molecule is CCCn1c(C(=O)N(CC(C)C)[C@H]2C[C@@H](C(=O)N3CCOCC3)CN(C(=O)OC(C)(C)C)C2)nc2ccccc21. The van der Waals surface area contributed by atoms with E-state index in [1.807, 2.05) is 59.4 Å². The number of rotatable bonds is 7. The third-order valence-corrected chi connectivity index (χ3v) is 7.31. The number of aryl methyl sites for hydroxylation is 1. The third kappa shape index (κ3) is 6.95. The number of nitrogens with zero attached hydrogens (tertiary/aromatic N) is 5. The highest BCUT2D eigenvalue weighted by Crippen LogP contribution is 2.28. The minimum absolute atomic E-state index is 0.00303. The first-order chi connectivity index (χ1) is 19.0. The van der Waals surface area contributed by atoms with Crippen LogP contribution < -0.4 is 0 Å². The Morgan fingerprint density at radius 1 is 1.10 bits per heavy atom. The van der Waals surface area contributed by atoms with Crippen molar-refractivity contribution in [2.24, 2.45) is 11.8 Å². The van der Waals surface area contributed by atoms with Crippen molar-refractivity contribution in [3.8, 4) is 0 Å². The first-order valence-electron chi connectivity index (χ1n) is 14.6. The molecule has 4 rings (SSSR count). The molecule has 0 unspecified atom stereocenters. The molecule has 2 fully saturated rings. The molecule has 0 saturated carbocycles. The van der Waals surface area contributed by atoms with Gasteiger partial charge in [0.05, 0.1) is 36.2 Å². The Kier molecular flexibility index (Phi) is 9.38. The summed E-state index contributed by atoms with van der Waals surface area (Å²) in [6, 6.07) is 7.43. The predicted octanol–water partition coefficient (Wildman–Crippen LogP) is 4.03. The summed E-state index contributed by atoms with van der Waals surface area (Å²) in [4.78, 5) is 51.3. The summed E-state index contributed by atoms with van der Waals surface area (Å²) in [7, 11) is 0. The number of hydrogen-bond donors (Lipinski definition) is 0. The van der Waals surface area contributed by atoms with E-state index in [2.05, 4.69) is 20.8 Å². The Morgan fingerprint density at radius 2 is 1.80 bits per heavy atom. The van der Waals surface area contributed by atoms with E-state index in [9.17, 15) is 14.4 Å². The molecule has 1 aromatic carbocycles. The summed E-state index contributed by atoms with van der Waals surface area (Å²) >= 11 is 0. The molecule has 0 N–H and O–H groups in total. The second-order valence-corrected chi connectivity index (χ2v) is 12.3. The zero-order chi connectivity index (χ0) is 29.0. The topological polar surface area (TPSA) is 97.2 Å². The largest absolute Gasteiger partial charge is 0.444 e. The van der Waals surface area contributed by atoms with Gasteiger partial charge in [0.15, 0.2) is 5.82 Å². The van der Waals surface area contributed by atoms with Gasteiger partial charge in [0.25, 0.3) is 5.91 Å². The number of ether oxygens (including phenoxy) is 2. The van der Waals surface area contributed by atoms with Gasteiger partial charge in [0.2, 0.25) is 5.91 Å². The maximum atomic E-state index is 14.3. The molecule has 2 saturated heterocycles. The van der Waals surface area contributed by atoms with E-state index in [1.54, 1.807) is 4.90 Å². The molecule has 10 heteroatoms. The zero-order valence-corrected chi connectivity index (χ0v) is 24.9. The van der Waals surface area contributed by atoms with E-state index in [4.69, 9.17) is 14.5 Å². The van der Waals surface area contributed by atoms with Crippen molar-refractivity contribution >= 4 is 28.9 Å². The molecule has 40 heavy (non-hydrogen) atoms. The van der Waals surface area contributed by atoms with E-state index < -0.39 is 17.6 Å². The van der Waals surface area contributed by atoms with Crippen LogP contribution in [-0.2, 0) is 20.8 Å². The van der Waals surface area contributed by atoms with Crippen molar-refractivity contribution in [3.05, 3.63) is 30.1 Å². The van der Waals surface area contributed by atoms with Crippen LogP contribution in [0.1, 0.15) is 65.0 Å². The van der Waals surface area contributed by atoms with Gasteiger partial charge in [-0.25, -0.2) is 9.78 Å². The molecule has 0 bridgehead atoms. The summed E-state index contributed by atoms with van der Waals surface area (Å²) < 4.78 is 13.2. The molecule has 0 radical (unpaired) electrons. The summed E-state index contributed by atoms with van der Waals surface area (Å²) in [5.41, 5.74) is 1.03. The smallest absolute Gasteiger partial charge is 0.410 e. The Hall–Kier alpha value is -3.14. The lowest BCUT2D eigenvalue weighted by Crippen LogP contribution is -2.58. The molecule has 3 amide bonds. The Morgan fingerprint density at radius 3 is 2.45 bits per heavy atom. The lowest BCUT2D eigenvalue weighted by molar-refractivity contribution is -0.142.